The van der Waals surface area contributed by atoms with Crippen LogP contribution in [0.15, 0.2) is 211 Å². The molecule has 0 bridgehead atoms. The van der Waals surface area contributed by atoms with Gasteiger partial charge in [-0.3, -0.25) is 0 Å². The number of furan rings is 1. The summed E-state index contributed by atoms with van der Waals surface area (Å²) in [5.74, 6) is 0. The molecule has 0 amide bonds. The van der Waals surface area contributed by atoms with Gasteiger partial charge in [-0.25, -0.2) is 0 Å². The third-order valence-electron chi connectivity index (χ3n) is 11.7. The van der Waals surface area contributed by atoms with Crippen molar-refractivity contribution in [2.75, 3.05) is 0 Å². The third kappa shape index (κ3) is 4.92. The van der Waals surface area contributed by atoms with Gasteiger partial charge in [0.15, 0.2) is 0 Å². The summed E-state index contributed by atoms with van der Waals surface area (Å²) in [4.78, 5) is 0. The Balaban J connectivity index is 1.08. The minimum atomic E-state index is 0.871. The molecule has 0 atom stereocenters. The lowest BCUT2D eigenvalue weighted by Gasteiger charge is -2.12. The molecule has 0 saturated heterocycles. The normalized spacial score (nSPS) is 11.9. The van der Waals surface area contributed by atoms with E-state index in [9.17, 15) is 0 Å². The van der Waals surface area contributed by atoms with Crippen molar-refractivity contribution >= 4 is 65.6 Å². The maximum atomic E-state index is 6.55. The first-order chi connectivity index (χ1) is 28.3. The van der Waals surface area contributed by atoms with Crippen LogP contribution in [0, 0.1) is 0 Å². The number of rotatable bonds is 5. The van der Waals surface area contributed by atoms with Gasteiger partial charge < -0.3 is 13.6 Å². The van der Waals surface area contributed by atoms with Gasteiger partial charge in [0.2, 0.25) is 0 Å². The number of fused-ring (bicyclic) bond motifs is 9. The SMILES string of the molecule is c1ccc(-c2ccc3c(c2)c2ccccc2n3-c2ccc3oc4ccc(-n5c6ccc(-c7ccccc7)cc6c6cccc(-c7ccccc7)c65)cc4c3c2)cc1. The second kappa shape index (κ2) is 12.5. The zero-order chi connectivity index (χ0) is 37.5. The van der Waals surface area contributed by atoms with Crippen molar-refractivity contribution in [3.05, 3.63) is 206 Å². The van der Waals surface area contributed by atoms with Crippen LogP contribution in [0.25, 0.3) is 110 Å². The molecule has 0 radical (unpaired) electrons. The predicted octanol–water partition coefficient (Wildman–Crippen LogP) is 14.8. The number of aromatic nitrogens is 2. The largest absolute Gasteiger partial charge is 0.456 e. The van der Waals surface area contributed by atoms with Gasteiger partial charge in [0, 0.05) is 49.3 Å². The van der Waals surface area contributed by atoms with Crippen molar-refractivity contribution in [1.29, 1.82) is 0 Å². The Bertz CT molecular complexity index is 3500. The Morgan fingerprint density at radius 1 is 0.281 bits per heavy atom. The van der Waals surface area contributed by atoms with Crippen molar-refractivity contribution in [2.45, 2.75) is 0 Å². The molecule has 3 heteroatoms. The average molecular weight is 727 g/mol. The van der Waals surface area contributed by atoms with Gasteiger partial charge in [0.1, 0.15) is 11.2 Å². The standard InChI is InChI=1S/C54H34N2O/c1-4-13-35(14-5-1)38-23-27-50-45(31-38)43-19-10-11-22-49(43)55(50)40-25-29-52-47(33-40)48-34-41(26-30-53(48)57-52)56-51-28-24-39(36-15-6-2-7-16-36)32-46(51)44-21-12-20-42(54(44)56)37-17-8-3-9-18-37/h1-34H. The first kappa shape index (κ1) is 31.7. The van der Waals surface area contributed by atoms with Gasteiger partial charge in [-0.2, -0.15) is 0 Å². The fourth-order valence-electron chi connectivity index (χ4n) is 9.09. The molecular formula is C54H34N2O. The molecule has 3 nitrogen and oxygen atoms in total. The predicted molar refractivity (Wildman–Crippen MR) is 239 cm³/mol. The van der Waals surface area contributed by atoms with Crippen LogP contribution in [-0.4, -0.2) is 9.13 Å². The molecule has 57 heavy (non-hydrogen) atoms. The zero-order valence-electron chi connectivity index (χ0n) is 30.9. The van der Waals surface area contributed by atoms with Gasteiger partial charge in [-0.1, -0.05) is 140 Å². The summed E-state index contributed by atoms with van der Waals surface area (Å²) in [6, 6.07) is 74.4. The highest BCUT2D eigenvalue weighted by Crippen LogP contribution is 2.42. The molecule has 0 spiro atoms. The number of hydrogen-bond acceptors (Lipinski definition) is 1. The zero-order valence-corrected chi connectivity index (χ0v) is 30.9. The third-order valence-corrected chi connectivity index (χ3v) is 11.7. The summed E-state index contributed by atoms with van der Waals surface area (Å²) in [5, 5.41) is 7.11. The average Bonchev–Trinajstić information content (AvgIpc) is 3.94. The van der Waals surface area contributed by atoms with E-state index in [0.717, 1.165) is 33.3 Å². The summed E-state index contributed by atoms with van der Waals surface area (Å²) in [6.07, 6.45) is 0. The molecule has 3 heterocycles. The van der Waals surface area contributed by atoms with Crippen molar-refractivity contribution in [2.24, 2.45) is 0 Å². The summed E-state index contributed by atoms with van der Waals surface area (Å²) < 4.78 is 11.4. The highest BCUT2D eigenvalue weighted by atomic mass is 16.3. The molecule has 3 aromatic heterocycles. The number of para-hydroxylation sites is 2. The van der Waals surface area contributed by atoms with Crippen LogP contribution in [0.2, 0.25) is 0 Å². The Kier molecular flexibility index (Phi) is 6.93. The Hall–Kier alpha value is -7.62. The molecule has 266 valence electrons. The molecule has 0 aliphatic heterocycles. The first-order valence-electron chi connectivity index (χ1n) is 19.5. The molecule has 12 aromatic rings. The second-order valence-corrected chi connectivity index (χ2v) is 14.9. The number of benzene rings is 9. The van der Waals surface area contributed by atoms with Gasteiger partial charge in [-0.05, 0) is 94.5 Å². The highest BCUT2D eigenvalue weighted by molar-refractivity contribution is 6.16. The van der Waals surface area contributed by atoms with Crippen LogP contribution in [0.5, 0.6) is 0 Å². The maximum Gasteiger partial charge on any atom is 0.135 e. The fourth-order valence-corrected chi connectivity index (χ4v) is 9.09. The van der Waals surface area contributed by atoms with E-state index in [2.05, 4.69) is 215 Å². The van der Waals surface area contributed by atoms with E-state index in [1.165, 1.54) is 77.0 Å². The topological polar surface area (TPSA) is 23.0 Å². The van der Waals surface area contributed by atoms with Crippen LogP contribution in [-0.2, 0) is 0 Å². The summed E-state index contributed by atoms with van der Waals surface area (Å²) in [7, 11) is 0. The molecule has 0 fully saturated rings. The summed E-state index contributed by atoms with van der Waals surface area (Å²) in [6.45, 7) is 0. The second-order valence-electron chi connectivity index (χ2n) is 14.9. The van der Waals surface area contributed by atoms with Crippen molar-refractivity contribution in [3.63, 3.8) is 0 Å². The fraction of sp³-hybridized carbons (Fsp3) is 0. The summed E-state index contributed by atoms with van der Waals surface area (Å²) in [5.41, 5.74) is 15.9. The Morgan fingerprint density at radius 3 is 1.40 bits per heavy atom. The van der Waals surface area contributed by atoms with E-state index < -0.39 is 0 Å². The van der Waals surface area contributed by atoms with E-state index in [0.29, 0.717) is 0 Å². The summed E-state index contributed by atoms with van der Waals surface area (Å²) >= 11 is 0. The van der Waals surface area contributed by atoms with Crippen LogP contribution >= 0.6 is 0 Å². The monoisotopic (exact) mass is 726 g/mol. The minimum absolute atomic E-state index is 0.871. The van der Waals surface area contributed by atoms with Gasteiger partial charge in [0.25, 0.3) is 0 Å². The van der Waals surface area contributed by atoms with E-state index in [1.54, 1.807) is 0 Å². The van der Waals surface area contributed by atoms with Crippen LogP contribution < -0.4 is 0 Å². The van der Waals surface area contributed by atoms with Crippen LogP contribution in [0.1, 0.15) is 0 Å². The van der Waals surface area contributed by atoms with Gasteiger partial charge in [0.05, 0.1) is 22.1 Å². The number of nitrogens with zero attached hydrogens (tertiary/aromatic N) is 2. The smallest absolute Gasteiger partial charge is 0.135 e. The first-order valence-corrected chi connectivity index (χ1v) is 19.5. The van der Waals surface area contributed by atoms with Crippen LogP contribution in [0.4, 0.5) is 0 Å². The maximum absolute atomic E-state index is 6.55. The molecule has 9 aromatic carbocycles. The minimum Gasteiger partial charge on any atom is -0.456 e. The quantitative estimate of drug-likeness (QED) is 0.173. The van der Waals surface area contributed by atoms with E-state index >= 15 is 0 Å². The molecule has 12 rings (SSSR count). The Morgan fingerprint density at radius 2 is 0.772 bits per heavy atom. The van der Waals surface area contributed by atoms with Gasteiger partial charge in [-0.15, -0.1) is 0 Å². The lowest BCUT2D eigenvalue weighted by Crippen LogP contribution is -1.95. The molecule has 0 aliphatic rings. The molecule has 0 unspecified atom stereocenters. The van der Waals surface area contributed by atoms with Crippen molar-refractivity contribution in [1.82, 2.24) is 9.13 Å². The molecule has 0 saturated carbocycles. The van der Waals surface area contributed by atoms with Gasteiger partial charge >= 0.3 is 0 Å². The number of hydrogen-bond donors (Lipinski definition) is 0. The Labute approximate surface area is 328 Å². The lowest BCUT2D eigenvalue weighted by molar-refractivity contribution is 0.669. The molecule has 0 aliphatic carbocycles. The lowest BCUT2D eigenvalue weighted by atomic mass is 10.0. The van der Waals surface area contributed by atoms with E-state index in [4.69, 9.17) is 4.42 Å². The van der Waals surface area contributed by atoms with Crippen molar-refractivity contribution < 1.29 is 4.42 Å². The molecule has 0 N–H and O–H groups in total. The van der Waals surface area contributed by atoms with E-state index in [-0.39, 0.29) is 0 Å². The molecular weight excluding hydrogens is 693 g/mol. The highest BCUT2D eigenvalue weighted by Gasteiger charge is 2.20. The van der Waals surface area contributed by atoms with Crippen LogP contribution in [0.3, 0.4) is 0 Å². The van der Waals surface area contributed by atoms with Crippen molar-refractivity contribution in [3.8, 4) is 44.8 Å². The van der Waals surface area contributed by atoms with E-state index in [1.807, 2.05) is 0 Å².